The number of likely N-dealkylation sites (tertiary alicyclic amines) is 1. The van der Waals surface area contributed by atoms with Crippen LogP contribution < -0.4 is 9.99 Å². The molecule has 16 heteroatoms. The van der Waals surface area contributed by atoms with Crippen LogP contribution in [0.5, 0.6) is 0 Å². The zero-order valence-electron chi connectivity index (χ0n) is 21.7. The van der Waals surface area contributed by atoms with Crippen molar-refractivity contribution in [2.45, 2.75) is 63.7 Å². The molecule has 214 valence electrons. The zero-order valence-corrected chi connectivity index (χ0v) is 22.5. The number of aromatic nitrogens is 1. The molecule has 3 fully saturated rings. The highest BCUT2D eigenvalue weighted by atomic mass is 32.3. The Kier molecular flexibility index (Phi) is 7.99. The summed E-state index contributed by atoms with van der Waals surface area (Å²) in [6.45, 7) is 4.29. The SMILES string of the molecule is CC(C)(C[n+]1ccccc1)N(NC(=O)[C@@H]1CC[C@@H]2CN1C(=O)N2OS(=O)(=O)O)C(=O)C1CCN(C(=O)O)CC1. The van der Waals surface area contributed by atoms with E-state index in [1.165, 1.54) is 9.91 Å². The van der Waals surface area contributed by atoms with Gasteiger partial charge in [-0.3, -0.25) is 19.6 Å². The molecule has 39 heavy (non-hydrogen) atoms. The third kappa shape index (κ3) is 6.39. The lowest BCUT2D eigenvalue weighted by Gasteiger charge is -2.41. The highest BCUT2D eigenvalue weighted by molar-refractivity contribution is 7.80. The molecule has 0 aromatic carbocycles. The van der Waals surface area contributed by atoms with Crippen LogP contribution in [-0.4, -0.2) is 99.1 Å². The number of piperidine rings is 2. The van der Waals surface area contributed by atoms with E-state index >= 15 is 0 Å². The summed E-state index contributed by atoms with van der Waals surface area (Å²) in [4.78, 5) is 53.9. The molecule has 15 nitrogen and oxygen atoms in total. The largest absolute Gasteiger partial charge is 0.465 e. The number of hydrazine groups is 1. The van der Waals surface area contributed by atoms with Crippen LogP contribution in [0.25, 0.3) is 0 Å². The summed E-state index contributed by atoms with van der Waals surface area (Å²) in [6.07, 6.45) is 3.61. The number of fused-ring (bicyclic) bond motifs is 2. The summed E-state index contributed by atoms with van der Waals surface area (Å²) >= 11 is 0. The van der Waals surface area contributed by atoms with Gasteiger partial charge in [0.1, 0.15) is 11.6 Å². The smallest absolute Gasteiger partial charge is 0.418 e. The second kappa shape index (κ2) is 10.9. The molecule has 3 N–H and O–H groups in total. The first-order valence-electron chi connectivity index (χ1n) is 12.6. The Morgan fingerprint density at radius 3 is 2.36 bits per heavy atom. The first-order valence-corrected chi connectivity index (χ1v) is 14.0. The molecule has 0 spiro atoms. The van der Waals surface area contributed by atoms with Crippen LogP contribution in [0.3, 0.4) is 0 Å². The second-order valence-electron chi connectivity index (χ2n) is 10.6. The summed E-state index contributed by atoms with van der Waals surface area (Å²) in [5, 5.41) is 11.1. The Bertz CT molecular complexity index is 1220. The molecule has 1 aromatic rings. The van der Waals surface area contributed by atoms with E-state index in [9.17, 15) is 32.7 Å². The molecule has 2 bridgehead atoms. The van der Waals surface area contributed by atoms with Crippen molar-refractivity contribution in [1.82, 2.24) is 25.3 Å². The predicted octanol–water partition coefficient (Wildman–Crippen LogP) is 0.00550. The number of hydrogen-bond acceptors (Lipinski definition) is 7. The number of pyridine rings is 1. The van der Waals surface area contributed by atoms with E-state index in [-0.39, 0.29) is 38.4 Å². The molecular weight excluding hydrogens is 536 g/mol. The predicted molar refractivity (Wildman–Crippen MR) is 131 cm³/mol. The van der Waals surface area contributed by atoms with Gasteiger partial charge in [-0.15, -0.1) is 4.28 Å². The summed E-state index contributed by atoms with van der Waals surface area (Å²) in [5.74, 6) is -1.52. The van der Waals surface area contributed by atoms with Gasteiger partial charge in [-0.25, -0.2) is 19.2 Å². The Hall–Kier alpha value is -3.50. The van der Waals surface area contributed by atoms with Gasteiger partial charge in [0.05, 0.1) is 6.04 Å². The first-order chi connectivity index (χ1) is 18.3. The van der Waals surface area contributed by atoms with Crippen LogP contribution in [0, 0.1) is 5.92 Å². The summed E-state index contributed by atoms with van der Waals surface area (Å²) in [7, 11) is -4.94. The summed E-state index contributed by atoms with van der Waals surface area (Å²) in [5.41, 5.74) is 1.79. The lowest BCUT2D eigenvalue weighted by Crippen LogP contribution is -2.66. The van der Waals surface area contributed by atoms with Crippen molar-refractivity contribution in [2.24, 2.45) is 5.92 Å². The Morgan fingerprint density at radius 2 is 1.77 bits per heavy atom. The Labute approximate surface area is 225 Å². The van der Waals surface area contributed by atoms with E-state index in [0.29, 0.717) is 24.4 Å². The van der Waals surface area contributed by atoms with Crippen molar-refractivity contribution in [3.8, 4) is 0 Å². The average molecular weight is 570 g/mol. The van der Waals surface area contributed by atoms with Crippen LogP contribution >= 0.6 is 0 Å². The van der Waals surface area contributed by atoms with Crippen LogP contribution in [0.2, 0.25) is 0 Å². The van der Waals surface area contributed by atoms with Gasteiger partial charge < -0.3 is 14.9 Å². The fraction of sp³-hybridized carbons (Fsp3) is 0.609. The number of amides is 5. The van der Waals surface area contributed by atoms with Gasteiger partial charge in [0.2, 0.25) is 5.91 Å². The first kappa shape index (κ1) is 28.5. The maximum atomic E-state index is 13.8. The molecule has 1 aromatic heterocycles. The molecule has 4 heterocycles. The molecule has 2 atom stereocenters. The molecule has 3 aliphatic rings. The maximum Gasteiger partial charge on any atom is 0.418 e. The van der Waals surface area contributed by atoms with Crippen molar-refractivity contribution in [3.63, 3.8) is 0 Å². The monoisotopic (exact) mass is 569 g/mol. The number of carbonyl (C=O) groups excluding carboxylic acids is 3. The van der Waals surface area contributed by atoms with Gasteiger partial charge in [-0.05, 0) is 39.5 Å². The van der Waals surface area contributed by atoms with Gasteiger partial charge in [-0.2, -0.15) is 13.5 Å². The Balaban J connectivity index is 1.54. The molecule has 5 amide bonds. The van der Waals surface area contributed by atoms with Crippen LogP contribution in [0.15, 0.2) is 30.6 Å². The topological polar surface area (TPSA) is 181 Å². The summed E-state index contributed by atoms with van der Waals surface area (Å²) < 4.78 is 37.7. The molecule has 4 rings (SSSR count). The zero-order chi connectivity index (χ0) is 28.5. The van der Waals surface area contributed by atoms with Crippen molar-refractivity contribution < 1.29 is 46.1 Å². The average Bonchev–Trinajstić information content (AvgIpc) is 3.10. The standard InChI is InChI=1S/C23H32N6O9S/c1-23(2,15-25-10-4-3-5-11-25)29(20(31)16-8-12-26(13-9-16)22(33)34)24-19(30)18-7-6-17-14-27(18)21(32)28(17)38-39(35,36)37/h3-5,10-11,16-18H,6-9,12-15H2,1-2H3,(H2-,24,30,33,34,35,36,37)/p+1/t17-,18+/m1/s1. The third-order valence-electron chi connectivity index (χ3n) is 7.31. The maximum absolute atomic E-state index is 13.8. The number of carboxylic acid groups (broad SMARTS) is 1. The lowest BCUT2D eigenvalue weighted by atomic mass is 9.93. The normalized spacial score (nSPS) is 22.1. The molecule has 3 saturated heterocycles. The van der Waals surface area contributed by atoms with E-state index < -0.39 is 52.0 Å². The molecule has 0 saturated carbocycles. The van der Waals surface area contributed by atoms with Crippen LogP contribution in [0.4, 0.5) is 9.59 Å². The minimum atomic E-state index is -4.94. The van der Waals surface area contributed by atoms with E-state index in [4.69, 9.17) is 4.55 Å². The van der Waals surface area contributed by atoms with Gasteiger partial charge in [0, 0.05) is 37.7 Å². The molecule has 3 aliphatic heterocycles. The number of nitrogens with one attached hydrogen (secondary N) is 1. The van der Waals surface area contributed by atoms with E-state index in [2.05, 4.69) is 9.71 Å². The lowest BCUT2D eigenvalue weighted by molar-refractivity contribution is -0.706. The second-order valence-corrected chi connectivity index (χ2v) is 11.6. The Morgan fingerprint density at radius 1 is 1.13 bits per heavy atom. The van der Waals surface area contributed by atoms with Crippen molar-refractivity contribution >= 4 is 34.3 Å². The number of hydroxylamine groups is 2. The number of rotatable bonds is 7. The highest BCUT2D eigenvalue weighted by Crippen LogP contribution is 2.31. The van der Waals surface area contributed by atoms with E-state index in [1.807, 2.05) is 35.2 Å². The molecule has 0 unspecified atom stereocenters. The fourth-order valence-corrected chi connectivity index (χ4v) is 5.74. The summed E-state index contributed by atoms with van der Waals surface area (Å²) in [6, 6.07) is 2.97. The third-order valence-corrected chi connectivity index (χ3v) is 7.66. The number of hydrogen-bond donors (Lipinski definition) is 3. The minimum absolute atomic E-state index is 0.0112. The van der Waals surface area contributed by atoms with Gasteiger partial charge >= 0.3 is 22.5 Å². The number of carbonyl (C=O) groups is 4. The minimum Gasteiger partial charge on any atom is -0.465 e. The fourth-order valence-electron chi connectivity index (χ4n) is 5.35. The molecular formula is C23H33N6O9S+. The quantitative estimate of drug-likeness (QED) is 0.231. The number of nitrogens with zero attached hydrogens (tertiary/aromatic N) is 5. The van der Waals surface area contributed by atoms with Crippen molar-refractivity contribution in [2.75, 3.05) is 19.6 Å². The van der Waals surface area contributed by atoms with E-state index in [1.54, 1.807) is 13.8 Å². The van der Waals surface area contributed by atoms with Crippen LogP contribution in [0.1, 0.15) is 39.5 Å². The van der Waals surface area contributed by atoms with Gasteiger partial charge in [0.15, 0.2) is 18.9 Å². The van der Waals surface area contributed by atoms with Gasteiger partial charge in [-0.1, -0.05) is 6.07 Å². The van der Waals surface area contributed by atoms with Crippen LogP contribution in [-0.2, 0) is 30.8 Å². The number of urea groups is 1. The molecule has 0 radical (unpaired) electrons. The molecule has 0 aliphatic carbocycles. The van der Waals surface area contributed by atoms with Crippen molar-refractivity contribution in [1.29, 1.82) is 0 Å². The highest BCUT2D eigenvalue weighted by Gasteiger charge is 2.50. The van der Waals surface area contributed by atoms with E-state index in [0.717, 1.165) is 4.90 Å². The van der Waals surface area contributed by atoms with Crippen molar-refractivity contribution in [3.05, 3.63) is 30.6 Å². The van der Waals surface area contributed by atoms with Gasteiger partial charge in [0.25, 0.3) is 5.91 Å².